The minimum Gasteiger partial charge on any atom is -0.0613 e. The van der Waals surface area contributed by atoms with Gasteiger partial charge in [-0.25, -0.2) is 0 Å². The fraction of sp³-hybridized carbons (Fsp3) is 0.294. The van der Waals surface area contributed by atoms with Crippen LogP contribution in [0.5, 0.6) is 0 Å². The first-order valence-corrected chi connectivity index (χ1v) is 6.41. The average molecular weight is 224 g/mol. The van der Waals surface area contributed by atoms with E-state index >= 15 is 0 Å². The zero-order valence-electron chi connectivity index (χ0n) is 10.7. The summed E-state index contributed by atoms with van der Waals surface area (Å²) < 4.78 is 0. The lowest BCUT2D eigenvalue weighted by molar-refractivity contribution is 0.956. The predicted molar refractivity (Wildman–Crippen MR) is 74.4 cm³/mol. The summed E-state index contributed by atoms with van der Waals surface area (Å²) in [7, 11) is 0. The number of rotatable bonds is 4. The smallest absolute Gasteiger partial charge is 0.0238 e. The maximum atomic E-state index is 2.26. The Hall–Kier alpha value is -1.56. The molecule has 0 aromatic heterocycles. The SMILES string of the molecule is CCc1ccc(CCc2ccc(C)cc2)cc1. The van der Waals surface area contributed by atoms with Crippen molar-refractivity contribution in [1.29, 1.82) is 0 Å². The normalized spacial score (nSPS) is 10.5. The highest BCUT2D eigenvalue weighted by molar-refractivity contribution is 5.25. The highest BCUT2D eigenvalue weighted by Crippen LogP contribution is 2.10. The number of benzene rings is 2. The molecule has 0 bridgehead atoms. The summed E-state index contributed by atoms with van der Waals surface area (Å²) in [5.41, 5.74) is 5.61. The van der Waals surface area contributed by atoms with Crippen molar-refractivity contribution in [3.63, 3.8) is 0 Å². The molecule has 0 radical (unpaired) electrons. The van der Waals surface area contributed by atoms with Crippen molar-refractivity contribution in [3.05, 3.63) is 70.8 Å². The lowest BCUT2D eigenvalue weighted by Gasteiger charge is -2.04. The Balaban J connectivity index is 1.95. The summed E-state index contributed by atoms with van der Waals surface area (Å²) in [4.78, 5) is 0. The number of aryl methyl sites for hydroxylation is 4. The zero-order valence-corrected chi connectivity index (χ0v) is 10.7. The standard InChI is InChI=1S/C17H20/c1-3-15-8-10-17(11-9-15)13-12-16-6-4-14(2)5-7-16/h4-11H,3,12-13H2,1-2H3. The molecule has 88 valence electrons. The molecule has 0 aliphatic rings. The van der Waals surface area contributed by atoms with Gasteiger partial charge >= 0.3 is 0 Å². The van der Waals surface area contributed by atoms with Crippen LogP contribution in [0.2, 0.25) is 0 Å². The van der Waals surface area contributed by atoms with Gasteiger partial charge in [0, 0.05) is 0 Å². The summed E-state index contributed by atoms with van der Waals surface area (Å²) in [6.07, 6.45) is 3.39. The highest BCUT2D eigenvalue weighted by Gasteiger charge is 1.96. The molecule has 0 saturated carbocycles. The number of hydrogen-bond acceptors (Lipinski definition) is 0. The lowest BCUT2D eigenvalue weighted by Crippen LogP contribution is -1.92. The van der Waals surface area contributed by atoms with Gasteiger partial charge in [-0.15, -0.1) is 0 Å². The first-order chi connectivity index (χ1) is 8.28. The van der Waals surface area contributed by atoms with Gasteiger partial charge in [-0.05, 0) is 42.9 Å². The van der Waals surface area contributed by atoms with E-state index in [1.807, 2.05) is 0 Å². The first kappa shape index (κ1) is 11.9. The van der Waals surface area contributed by atoms with Crippen molar-refractivity contribution < 1.29 is 0 Å². The summed E-state index contributed by atoms with van der Waals surface area (Å²) in [5.74, 6) is 0. The van der Waals surface area contributed by atoms with Crippen LogP contribution in [0.15, 0.2) is 48.5 Å². The maximum Gasteiger partial charge on any atom is -0.0238 e. The molecule has 0 saturated heterocycles. The van der Waals surface area contributed by atoms with Crippen molar-refractivity contribution in [2.24, 2.45) is 0 Å². The molecule has 0 heteroatoms. The van der Waals surface area contributed by atoms with Crippen LogP contribution in [-0.4, -0.2) is 0 Å². The minimum atomic E-state index is 1.12. The van der Waals surface area contributed by atoms with E-state index in [9.17, 15) is 0 Å². The second kappa shape index (κ2) is 5.67. The Morgan fingerprint density at radius 2 is 1.06 bits per heavy atom. The van der Waals surface area contributed by atoms with Gasteiger partial charge in [-0.2, -0.15) is 0 Å². The molecule has 0 N–H and O–H groups in total. The largest absolute Gasteiger partial charge is 0.0613 e. The number of hydrogen-bond donors (Lipinski definition) is 0. The van der Waals surface area contributed by atoms with Crippen LogP contribution < -0.4 is 0 Å². The molecule has 0 unspecified atom stereocenters. The third-order valence-corrected chi connectivity index (χ3v) is 3.25. The topological polar surface area (TPSA) is 0 Å². The lowest BCUT2D eigenvalue weighted by atomic mass is 10.0. The van der Waals surface area contributed by atoms with Gasteiger partial charge < -0.3 is 0 Å². The summed E-state index contributed by atoms with van der Waals surface area (Å²) in [5, 5.41) is 0. The van der Waals surface area contributed by atoms with E-state index in [2.05, 4.69) is 62.4 Å². The molecule has 0 atom stereocenters. The Bertz CT molecular complexity index is 448. The van der Waals surface area contributed by atoms with Crippen molar-refractivity contribution >= 4 is 0 Å². The maximum absolute atomic E-state index is 2.26. The predicted octanol–water partition coefficient (Wildman–Crippen LogP) is 4.34. The molecule has 0 heterocycles. The molecular weight excluding hydrogens is 204 g/mol. The van der Waals surface area contributed by atoms with Crippen LogP contribution in [0, 0.1) is 6.92 Å². The molecule has 0 aliphatic heterocycles. The van der Waals surface area contributed by atoms with Crippen molar-refractivity contribution in [3.8, 4) is 0 Å². The van der Waals surface area contributed by atoms with E-state index in [1.54, 1.807) is 0 Å². The molecular formula is C17H20. The summed E-state index contributed by atoms with van der Waals surface area (Å²) in [6.45, 7) is 4.33. The molecule has 2 rings (SSSR count). The third kappa shape index (κ3) is 3.45. The van der Waals surface area contributed by atoms with Gasteiger partial charge in [-0.1, -0.05) is 61.0 Å². The van der Waals surface area contributed by atoms with Gasteiger partial charge in [-0.3, -0.25) is 0 Å². The zero-order chi connectivity index (χ0) is 12.1. The second-order valence-electron chi connectivity index (χ2n) is 4.66. The van der Waals surface area contributed by atoms with Crippen LogP contribution in [-0.2, 0) is 19.3 Å². The molecule has 17 heavy (non-hydrogen) atoms. The third-order valence-electron chi connectivity index (χ3n) is 3.25. The van der Waals surface area contributed by atoms with Crippen LogP contribution in [0.3, 0.4) is 0 Å². The second-order valence-corrected chi connectivity index (χ2v) is 4.66. The van der Waals surface area contributed by atoms with Crippen LogP contribution in [0.4, 0.5) is 0 Å². The first-order valence-electron chi connectivity index (χ1n) is 6.41. The minimum absolute atomic E-state index is 1.12. The van der Waals surface area contributed by atoms with E-state index < -0.39 is 0 Å². The van der Waals surface area contributed by atoms with E-state index in [0.29, 0.717) is 0 Å². The fourth-order valence-corrected chi connectivity index (χ4v) is 1.99. The van der Waals surface area contributed by atoms with Gasteiger partial charge in [0.1, 0.15) is 0 Å². The summed E-state index contributed by atoms with van der Waals surface area (Å²) in [6, 6.07) is 17.8. The van der Waals surface area contributed by atoms with Crippen LogP contribution >= 0.6 is 0 Å². The van der Waals surface area contributed by atoms with Crippen molar-refractivity contribution in [1.82, 2.24) is 0 Å². The molecule has 0 nitrogen and oxygen atoms in total. The van der Waals surface area contributed by atoms with Gasteiger partial charge in [0.2, 0.25) is 0 Å². The molecule has 0 amide bonds. The van der Waals surface area contributed by atoms with Gasteiger partial charge in [0.15, 0.2) is 0 Å². The Labute approximate surface area is 104 Å². The van der Waals surface area contributed by atoms with Gasteiger partial charge in [0.05, 0.1) is 0 Å². The van der Waals surface area contributed by atoms with E-state index in [4.69, 9.17) is 0 Å². The van der Waals surface area contributed by atoms with E-state index in [1.165, 1.54) is 22.3 Å². The molecule has 0 spiro atoms. The Kier molecular flexibility index (Phi) is 3.98. The van der Waals surface area contributed by atoms with Crippen molar-refractivity contribution in [2.45, 2.75) is 33.1 Å². The van der Waals surface area contributed by atoms with Crippen molar-refractivity contribution in [2.75, 3.05) is 0 Å². The van der Waals surface area contributed by atoms with Gasteiger partial charge in [0.25, 0.3) is 0 Å². The van der Waals surface area contributed by atoms with Crippen LogP contribution in [0.25, 0.3) is 0 Å². The quantitative estimate of drug-likeness (QED) is 0.724. The van der Waals surface area contributed by atoms with E-state index in [0.717, 1.165) is 19.3 Å². The Morgan fingerprint density at radius 3 is 1.53 bits per heavy atom. The highest BCUT2D eigenvalue weighted by atomic mass is 14.0. The fourth-order valence-electron chi connectivity index (χ4n) is 1.99. The van der Waals surface area contributed by atoms with Crippen LogP contribution in [0.1, 0.15) is 29.2 Å². The monoisotopic (exact) mass is 224 g/mol. The summed E-state index contributed by atoms with van der Waals surface area (Å²) >= 11 is 0. The Morgan fingerprint density at radius 1 is 0.647 bits per heavy atom. The molecule has 0 fully saturated rings. The molecule has 2 aromatic carbocycles. The molecule has 2 aromatic rings. The molecule has 0 aliphatic carbocycles. The van der Waals surface area contributed by atoms with E-state index in [-0.39, 0.29) is 0 Å². The average Bonchev–Trinajstić information content (AvgIpc) is 2.39.